The highest BCUT2D eigenvalue weighted by atomic mass is 16.5. The molecule has 2 aliphatic heterocycles. The van der Waals surface area contributed by atoms with Gasteiger partial charge in [0.05, 0.1) is 21.3 Å². The van der Waals surface area contributed by atoms with Crippen LogP contribution in [0.15, 0.2) is 42.5 Å². The third kappa shape index (κ3) is 4.23. The quantitative estimate of drug-likeness (QED) is 0.657. The molecule has 0 spiro atoms. The summed E-state index contributed by atoms with van der Waals surface area (Å²) in [5, 5.41) is 11.7. The zero-order chi connectivity index (χ0) is 23.6. The maximum atomic E-state index is 13.4. The monoisotopic (exact) mass is 454 g/mol. The molecule has 2 saturated heterocycles. The summed E-state index contributed by atoms with van der Waals surface area (Å²) in [6.45, 7) is 0.695. The van der Waals surface area contributed by atoms with Crippen LogP contribution >= 0.6 is 0 Å². The lowest BCUT2D eigenvalue weighted by Gasteiger charge is -2.47. The minimum Gasteiger partial charge on any atom is -0.497 e. The molecule has 2 aromatic carbocycles. The molecule has 176 valence electrons. The first kappa shape index (κ1) is 22.9. The van der Waals surface area contributed by atoms with Crippen LogP contribution in [0.5, 0.6) is 17.2 Å². The van der Waals surface area contributed by atoms with E-state index in [2.05, 4.69) is 0 Å². The van der Waals surface area contributed by atoms with Gasteiger partial charge in [-0.3, -0.25) is 9.59 Å². The highest BCUT2D eigenvalue weighted by molar-refractivity contribution is 5.99. The molecule has 33 heavy (non-hydrogen) atoms. The second-order valence-corrected chi connectivity index (χ2v) is 8.43. The Bertz CT molecular complexity index is 1020. The van der Waals surface area contributed by atoms with Crippen LogP contribution in [0.4, 0.5) is 0 Å². The van der Waals surface area contributed by atoms with Gasteiger partial charge in [-0.15, -0.1) is 0 Å². The molecule has 2 amide bonds. The van der Waals surface area contributed by atoms with Crippen LogP contribution in [0.2, 0.25) is 0 Å². The molecule has 4 rings (SSSR count). The maximum absolute atomic E-state index is 13.4. The van der Waals surface area contributed by atoms with Crippen LogP contribution in [0.1, 0.15) is 24.0 Å². The molecule has 2 atom stereocenters. The van der Waals surface area contributed by atoms with Gasteiger partial charge < -0.3 is 29.1 Å². The fourth-order valence-electron chi connectivity index (χ4n) is 4.75. The van der Waals surface area contributed by atoms with Crippen molar-refractivity contribution >= 4 is 11.8 Å². The topological polar surface area (TPSA) is 88.5 Å². The number of amides is 2. The lowest BCUT2D eigenvalue weighted by molar-refractivity contribution is -0.197. The van der Waals surface area contributed by atoms with Gasteiger partial charge in [-0.2, -0.15) is 0 Å². The Morgan fingerprint density at radius 3 is 2.33 bits per heavy atom. The number of nitrogens with zero attached hydrogens (tertiary/aromatic N) is 2. The first-order valence-corrected chi connectivity index (χ1v) is 11.1. The van der Waals surface area contributed by atoms with Crippen LogP contribution < -0.4 is 14.2 Å². The number of piperazine rings is 1. The van der Waals surface area contributed by atoms with Gasteiger partial charge in [0.25, 0.3) is 5.91 Å². The van der Waals surface area contributed by atoms with Gasteiger partial charge in [-0.1, -0.05) is 18.2 Å². The average Bonchev–Trinajstić information content (AvgIpc) is 3.33. The Morgan fingerprint density at radius 2 is 1.67 bits per heavy atom. The zero-order valence-corrected chi connectivity index (χ0v) is 19.2. The van der Waals surface area contributed by atoms with Crippen molar-refractivity contribution in [1.82, 2.24) is 9.80 Å². The number of methoxy groups -OCH3 is 3. The normalized spacial score (nSPS) is 22.4. The third-order valence-corrected chi connectivity index (χ3v) is 6.54. The summed E-state index contributed by atoms with van der Waals surface area (Å²) >= 11 is 0. The van der Waals surface area contributed by atoms with E-state index < -0.39 is 17.7 Å². The van der Waals surface area contributed by atoms with Gasteiger partial charge in [-0.25, -0.2) is 0 Å². The number of hydrogen-bond donors (Lipinski definition) is 1. The van der Waals surface area contributed by atoms with E-state index >= 15 is 0 Å². The molecular weight excluding hydrogens is 424 g/mol. The second-order valence-electron chi connectivity index (χ2n) is 8.43. The summed E-state index contributed by atoms with van der Waals surface area (Å²) in [4.78, 5) is 29.7. The average molecular weight is 455 g/mol. The van der Waals surface area contributed by atoms with Gasteiger partial charge in [0.1, 0.15) is 11.8 Å². The lowest BCUT2D eigenvalue weighted by atomic mass is 9.94. The minimum atomic E-state index is -1.94. The van der Waals surface area contributed by atoms with E-state index in [1.165, 1.54) is 4.90 Å². The molecule has 2 aliphatic rings. The van der Waals surface area contributed by atoms with Crippen molar-refractivity contribution in [2.75, 3.05) is 34.4 Å². The van der Waals surface area contributed by atoms with E-state index in [0.29, 0.717) is 36.6 Å². The predicted octanol–water partition coefficient (Wildman–Crippen LogP) is 2.02. The van der Waals surface area contributed by atoms with E-state index in [1.807, 2.05) is 12.1 Å². The van der Waals surface area contributed by atoms with Gasteiger partial charge in [-0.05, 0) is 54.7 Å². The van der Waals surface area contributed by atoms with Crippen molar-refractivity contribution < 1.29 is 28.9 Å². The molecule has 1 N–H and O–H groups in total. The fourth-order valence-corrected chi connectivity index (χ4v) is 4.75. The van der Waals surface area contributed by atoms with Crippen molar-refractivity contribution in [3.63, 3.8) is 0 Å². The number of carbonyl (C=O) groups excluding carboxylic acids is 2. The summed E-state index contributed by atoms with van der Waals surface area (Å²) in [6.07, 6.45) is 1.84. The Hall–Kier alpha value is -3.26. The number of fused-ring (bicyclic) bond motifs is 1. The standard InChI is InChI=1S/C25H30N2O6/c1-31-19-9-6-18(7-10-19)16-25(30)24(29)26-13-4-5-20(26)23(28)27(25)14-12-17-8-11-21(32-2)22(15-17)33-3/h6-11,15,20,30H,4-5,12-14,16H2,1-3H3/t20-,25?/m0/s1. The van der Waals surface area contributed by atoms with Crippen molar-refractivity contribution in [3.05, 3.63) is 53.6 Å². The van der Waals surface area contributed by atoms with Crippen LogP contribution in [0.3, 0.4) is 0 Å². The Balaban J connectivity index is 1.61. The SMILES string of the molecule is COc1ccc(CC2(O)C(=O)N3CCC[C@H]3C(=O)N2CCc2ccc(OC)c(OC)c2)cc1. The lowest BCUT2D eigenvalue weighted by Crippen LogP contribution is -2.71. The summed E-state index contributed by atoms with van der Waals surface area (Å²) in [7, 11) is 4.72. The number of aliphatic hydroxyl groups is 1. The second kappa shape index (κ2) is 9.31. The zero-order valence-electron chi connectivity index (χ0n) is 19.2. The smallest absolute Gasteiger partial charge is 0.277 e. The Labute approximate surface area is 193 Å². The highest BCUT2D eigenvalue weighted by Gasteiger charge is 2.56. The van der Waals surface area contributed by atoms with Crippen LogP contribution in [-0.2, 0) is 22.4 Å². The van der Waals surface area contributed by atoms with E-state index in [4.69, 9.17) is 14.2 Å². The third-order valence-electron chi connectivity index (χ3n) is 6.54. The van der Waals surface area contributed by atoms with Crippen LogP contribution in [0, 0.1) is 0 Å². The number of hydrogen-bond acceptors (Lipinski definition) is 6. The number of rotatable bonds is 8. The largest absolute Gasteiger partial charge is 0.497 e. The molecule has 2 aromatic rings. The van der Waals surface area contributed by atoms with Gasteiger partial charge in [0.15, 0.2) is 11.5 Å². The Kier molecular flexibility index (Phi) is 6.47. The van der Waals surface area contributed by atoms with Crippen molar-refractivity contribution in [2.24, 2.45) is 0 Å². The number of benzene rings is 2. The minimum absolute atomic E-state index is 0.0106. The summed E-state index contributed by atoms with van der Waals surface area (Å²) < 4.78 is 15.9. The molecule has 0 saturated carbocycles. The predicted molar refractivity (Wildman–Crippen MR) is 121 cm³/mol. The van der Waals surface area contributed by atoms with E-state index in [0.717, 1.165) is 17.5 Å². The highest BCUT2D eigenvalue weighted by Crippen LogP contribution is 2.35. The summed E-state index contributed by atoms with van der Waals surface area (Å²) in [5.41, 5.74) is -0.287. The van der Waals surface area contributed by atoms with Crippen molar-refractivity contribution in [1.29, 1.82) is 0 Å². The molecule has 0 bridgehead atoms. The molecule has 2 heterocycles. The molecule has 1 unspecified atom stereocenters. The number of carbonyl (C=O) groups is 2. The van der Waals surface area contributed by atoms with E-state index in [1.54, 1.807) is 56.6 Å². The first-order valence-electron chi connectivity index (χ1n) is 11.1. The molecule has 2 fully saturated rings. The first-order chi connectivity index (χ1) is 15.9. The molecule has 0 aliphatic carbocycles. The van der Waals surface area contributed by atoms with Crippen LogP contribution in [-0.4, -0.2) is 72.9 Å². The summed E-state index contributed by atoms with van der Waals surface area (Å²) in [5.74, 6) is 1.27. The molecule has 0 aromatic heterocycles. The van der Waals surface area contributed by atoms with Gasteiger partial charge in [0, 0.05) is 19.5 Å². The van der Waals surface area contributed by atoms with E-state index in [9.17, 15) is 14.7 Å². The van der Waals surface area contributed by atoms with Crippen molar-refractivity contribution in [3.8, 4) is 17.2 Å². The molecule has 8 nitrogen and oxygen atoms in total. The number of ether oxygens (including phenoxy) is 3. The molecule has 0 radical (unpaired) electrons. The van der Waals surface area contributed by atoms with Gasteiger partial charge in [0.2, 0.25) is 11.6 Å². The maximum Gasteiger partial charge on any atom is 0.277 e. The fraction of sp³-hybridized carbons (Fsp3) is 0.440. The summed E-state index contributed by atoms with van der Waals surface area (Å²) in [6, 6.07) is 12.2. The van der Waals surface area contributed by atoms with E-state index in [-0.39, 0.29) is 18.9 Å². The van der Waals surface area contributed by atoms with Crippen LogP contribution in [0.25, 0.3) is 0 Å². The Morgan fingerprint density at radius 1 is 0.970 bits per heavy atom. The van der Waals surface area contributed by atoms with Gasteiger partial charge >= 0.3 is 0 Å². The molecule has 8 heteroatoms. The molecular formula is C25H30N2O6. The van der Waals surface area contributed by atoms with Crippen molar-refractivity contribution in [2.45, 2.75) is 37.5 Å².